The van der Waals surface area contributed by atoms with Gasteiger partial charge in [0.15, 0.2) is 11.6 Å². The summed E-state index contributed by atoms with van der Waals surface area (Å²) in [5, 5.41) is 0.00145. The van der Waals surface area contributed by atoms with Crippen molar-refractivity contribution in [3.05, 3.63) is 68.7 Å². The summed E-state index contributed by atoms with van der Waals surface area (Å²) in [5.74, 6) is -1.80. The lowest BCUT2D eigenvalue weighted by molar-refractivity contribution is 0.507. The predicted molar refractivity (Wildman–Crippen MR) is 73.2 cm³/mol. The molecular weight excluding hydrogens is 345 g/mol. The molecule has 0 spiro atoms. The summed E-state index contributed by atoms with van der Waals surface area (Å²) in [6.45, 7) is 0. The molecular formula is C13H7BrCl2F2. The van der Waals surface area contributed by atoms with Gasteiger partial charge in [-0.15, -0.1) is 11.6 Å². The Kier molecular flexibility index (Phi) is 4.25. The monoisotopic (exact) mass is 350 g/mol. The van der Waals surface area contributed by atoms with Gasteiger partial charge in [-0.1, -0.05) is 23.7 Å². The molecule has 0 aliphatic carbocycles. The Hall–Kier alpha value is -0.640. The van der Waals surface area contributed by atoms with Gasteiger partial charge in [0, 0.05) is 4.47 Å². The van der Waals surface area contributed by atoms with Crippen LogP contribution in [0.4, 0.5) is 8.78 Å². The van der Waals surface area contributed by atoms with Crippen LogP contribution in [-0.2, 0) is 0 Å². The molecule has 0 N–H and O–H groups in total. The minimum atomic E-state index is -0.911. The van der Waals surface area contributed by atoms with Gasteiger partial charge in [-0.2, -0.15) is 0 Å². The Balaban J connectivity index is 2.37. The standard InChI is InChI=1S/C13H7BrCl2F2/c14-9-5-7(1-3-10(9)15)13(16)8-2-4-11(17)12(18)6-8/h1-6,13H. The van der Waals surface area contributed by atoms with E-state index in [2.05, 4.69) is 15.9 Å². The zero-order valence-electron chi connectivity index (χ0n) is 8.93. The molecule has 0 bridgehead atoms. The van der Waals surface area contributed by atoms with Crippen LogP contribution in [0, 0.1) is 11.6 Å². The molecule has 0 aliphatic rings. The van der Waals surface area contributed by atoms with Crippen molar-refractivity contribution in [3.63, 3.8) is 0 Å². The maximum atomic E-state index is 13.1. The van der Waals surface area contributed by atoms with Gasteiger partial charge in [0.25, 0.3) is 0 Å². The second-order valence-electron chi connectivity index (χ2n) is 3.71. The molecule has 0 radical (unpaired) electrons. The number of alkyl halides is 1. The van der Waals surface area contributed by atoms with Gasteiger partial charge in [-0.25, -0.2) is 8.78 Å². The summed E-state index contributed by atoms with van der Waals surface area (Å²) in [4.78, 5) is 0. The van der Waals surface area contributed by atoms with Crippen LogP contribution in [0.15, 0.2) is 40.9 Å². The second-order valence-corrected chi connectivity index (χ2v) is 5.41. The smallest absolute Gasteiger partial charge is 0.159 e. The highest BCUT2D eigenvalue weighted by Crippen LogP contribution is 2.33. The van der Waals surface area contributed by atoms with Crippen molar-refractivity contribution < 1.29 is 8.78 Å². The first-order valence-corrected chi connectivity index (χ1v) is 6.63. The Morgan fingerprint density at radius 2 is 1.56 bits per heavy atom. The molecule has 5 heteroatoms. The fourth-order valence-electron chi connectivity index (χ4n) is 1.53. The fourth-order valence-corrected chi connectivity index (χ4v) is 2.32. The van der Waals surface area contributed by atoms with E-state index in [-0.39, 0.29) is 0 Å². The maximum Gasteiger partial charge on any atom is 0.159 e. The molecule has 2 aromatic rings. The SMILES string of the molecule is Fc1ccc(C(Cl)c2ccc(Cl)c(Br)c2)cc1F. The summed E-state index contributed by atoms with van der Waals surface area (Å²) < 4.78 is 26.7. The summed E-state index contributed by atoms with van der Waals surface area (Å²) in [5.41, 5.74) is 1.24. The van der Waals surface area contributed by atoms with Gasteiger partial charge in [0.2, 0.25) is 0 Å². The van der Waals surface area contributed by atoms with E-state index in [0.29, 0.717) is 15.1 Å². The predicted octanol–water partition coefficient (Wildman–Crippen LogP) is 5.71. The summed E-state index contributed by atoms with van der Waals surface area (Å²) in [6, 6.07) is 8.79. The van der Waals surface area contributed by atoms with Crippen LogP contribution in [0.5, 0.6) is 0 Å². The first kappa shape index (κ1) is 13.8. The highest BCUT2D eigenvalue weighted by atomic mass is 79.9. The van der Waals surface area contributed by atoms with Crippen molar-refractivity contribution in [2.75, 3.05) is 0 Å². The third-order valence-corrected chi connectivity index (χ3v) is 4.19. The Bertz CT molecular complexity index is 536. The van der Waals surface area contributed by atoms with Gasteiger partial charge < -0.3 is 0 Å². The molecule has 0 saturated heterocycles. The van der Waals surface area contributed by atoms with E-state index in [1.54, 1.807) is 18.2 Å². The highest BCUT2D eigenvalue weighted by molar-refractivity contribution is 9.10. The molecule has 0 amide bonds. The molecule has 0 fully saturated rings. The molecule has 18 heavy (non-hydrogen) atoms. The third-order valence-electron chi connectivity index (χ3n) is 2.47. The average molecular weight is 352 g/mol. The normalized spacial score (nSPS) is 12.5. The third kappa shape index (κ3) is 2.85. The Morgan fingerprint density at radius 3 is 2.17 bits per heavy atom. The van der Waals surface area contributed by atoms with Crippen LogP contribution in [0.25, 0.3) is 0 Å². The van der Waals surface area contributed by atoms with Gasteiger partial charge >= 0.3 is 0 Å². The minimum absolute atomic E-state index is 0.491. The molecule has 1 atom stereocenters. The molecule has 0 saturated carbocycles. The van der Waals surface area contributed by atoms with Crippen LogP contribution >= 0.6 is 39.1 Å². The molecule has 0 aromatic heterocycles. The lowest BCUT2D eigenvalue weighted by atomic mass is 10.0. The van der Waals surface area contributed by atoms with Gasteiger partial charge in [-0.05, 0) is 51.3 Å². The number of hydrogen-bond acceptors (Lipinski definition) is 0. The molecule has 1 unspecified atom stereocenters. The lowest BCUT2D eigenvalue weighted by Gasteiger charge is -2.11. The van der Waals surface area contributed by atoms with Crippen molar-refractivity contribution in [1.82, 2.24) is 0 Å². The molecule has 0 nitrogen and oxygen atoms in total. The maximum absolute atomic E-state index is 13.1. The zero-order valence-corrected chi connectivity index (χ0v) is 12.0. The van der Waals surface area contributed by atoms with Crippen molar-refractivity contribution in [1.29, 1.82) is 0 Å². The van der Waals surface area contributed by atoms with Crippen molar-refractivity contribution in [2.45, 2.75) is 5.38 Å². The molecule has 2 aromatic carbocycles. The number of hydrogen-bond donors (Lipinski definition) is 0. The first-order valence-electron chi connectivity index (χ1n) is 5.03. The van der Waals surface area contributed by atoms with Gasteiger partial charge in [0.1, 0.15) is 0 Å². The minimum Gasteiger partial charge on any atom is -0.204 e. The van der Waals surface area contributed by atoms with Gasteiger partial charge in [-0.3, -0.25) is 0 Å². The molecule has 2 rings (SSSR count). The van der Waals surface area contributed by atoms with E-state index < -0.39 is 17.0 Å². The Labute approximate surface area is 122 Å². The van der Waals surface area contributed by atoms with Crippen molar-refractivity contribution in [3.8, 4) is 0 Å². The molecule has 0 aliphatic heterocycles. The van der Waals surface area contributed by atoms with Crippen LogP contribution in [0.2, 0.25) is 5.02 Å². The average Bonchev–Trinajstić information content (AvgIpc) is 2.35. The molecule has 94 valence electrons. The van der Waals surface area contributed by atoms with E-state index in [9.17, 15) is 8.78 Å². The lowest BCUT2D eigenvalue weighted by Crippen LogP contribution is -1.96. The van der Waals surface area contributed by atoms with Crippen molar-refractivity contribution >= 4 is 39.1 Å². The van der Waals surface area contributed by atoms with E-state index in [0.717, 1.165) is 17.7 Å². The van der Waals surface area contributed by atoms with E-state index >= 15 is 0 Å². The summed E-state index contributed by atoms with van der Waals surface area (Å²) in [7, 11) is 0. The first-order chi connectivity index (χ1) is 8.49. The molecule has 0 heterocycles. The van der Waals surface area contributed by atoms with Crippen LogP contribution in [0.3, 0.4) is 0 Å². The second kappa shape index (κ2) is 5.55. The summed E-state index contributed by atoms with van der Waals surface area (Å²) in [6.07, 6.45) is 0. The zero-order chi connectivity index (χ0) is 13.3. The van der Waals surface area contributed by atoms with Gasteiger partial charge in [0.05, 0.1) is 10.4 Å². The fraction of sp³-hybridized carbons (Fsp3) is 0.0769. The van der Waals surface area contributed by atoms with E-state index in [4.69, 9.17) is 23.2 Å². The van der Waals surface area contributed by atoms with Crippen LogP contribution < -0.4 is 0 Å². The highest BCUT2D eigenvalue weighted by Gasteiger charge is 2.14. The quantitative estimate of drug-likeness (QED) is 0.608. The topological polar surface area (TPSA) is 0 Å². The van der Waals surface area contributed by atoms with Crippen LogP contribution in [-0.4, -0.2) is 0 Å². The van der Waals surface area contributed by atoms with Crippen LogP contribution in [0.1, 0.15) is 16.5 Å². The Morgan fingerprint density at radius 1 is 0.944 bits per heavy atom. The number of benzene rings is 2. The van der Waals surface area contributed by atoms with E-state index in [1.165, 1.54) is 6.07 Å². The van der Waals surface area contributed by atoms with Crippen molar-refractivity contribution in [2.24, 2.45) is 0 Å². The largest absolute Gasteiger partial charge is 0.204 e. The summed E-state index contributed by atoms with van der Waals surface area (Å²) >= 11 is 15.4. The van der Waals surface area contributed by atoms with E-state index in [1.807, 2.05) is 0 Å². The number of halogens is 5. The number of rotatable bonds is 2.